The normalized spacial score (nSPS) is 10.2. The highest BCUT2D eigenvalue weighted by atomic mass is 35.5. The molecule has 0 aliphatic heterocycles. The standard InChI is InChI=1S/C16H11Cl3FNO4/c17-9-2-4-14(11(19)5-9)24-8-16(23)25-7-15(22)21-13-3-1-10(18)6-12(13)20/h1-6H,7-8H2,(H,21,22). The molecule has 0 aliphatic carbocycles. The zero-order valence-electron chi connectivity index (χ0n) is 12.5. The van der Waals surface area contributed by atoms with Gasteiger partial charge in [0.2, 0.25) is 0 Å². The van der Waals surface area contributed by atoms with E-state index in [0.717, 1.165) is 6.07 Å². The van der Waals surface area contributed by atoms with Gasteiger partial charge in [-0.1, -0.05) is 34.8 Å². The molecule has 0 atom stereocenters. The zero-order chi connectivity index (χ0) is 18.4. The van der Waals surface area contributed by atoms with Gasteiger partial charge in [0, 0.05) is 10.0 Å². The molecule has 9 heteroatoms. The minimum Gasteiger partial charge on any atom is -0.480 e. The van der Waals surface area contributed by atoms with Gasteiger partial charge < -0.3 is 14.8 Å². The molecule has 0 aromatic heterocycles. The summed E-state index contributed by atoms with van der Waals surface area (Å²) in [7, 11) is 0. The van der Waals surface area contributed by atoms with Crippen LogP contribution >= 0.6 is 34.8 Å². The van der Waals surface area contributed by atoms with Crippen LogP contribution in [0.2, 0.25) is 15.1 Å². The number of amides is 1. The third-order valence-electron chi connectivity index (χ3n) is 2.81. The summed E-state index contributed by atoms with van der Waals surface area (Å²) in [6.07, 6.45) is 0. The number of carbonyl (C=O) groups excluding carboxylic acids is 2. The molecule has 0 radical (unpaired) electrons. The third kappa shape index (κ3) is 6.08. The first-order chi connectivity index (χ1) is 11.8. The second-order valence-electron chi connectivity index (χ2n) is 4.70. The van der Waals surface area contributed by atoms with Crippen LogP contribution in [-0.2, 0) is 14.3 Å². The highest BCUT2D eigenvalue weighted by molar-refractivity contribution is 6.35. The van der Waals surface area contributed by atoms with Crippen LogP contribution in [0.25, 0.3) is 0 Å². The Morgan fingerprint density at radius 1 is 1.00 bits per heavy atom. The van der Waals surface area contributed by atoms with Crippen molar-refractivity contribution in [1.29, 1.82) is 0 Å². The second kappa shape index (κ2) is 8.89. The van der Waals surface area contributed by atoms with E-state index in [1.165, 1.54) is 24.3 Å². The third-order valence-corrected chi connectivity index (χ3v) is 3.57. The van der Waals surface area contributed by atoms with E-state index in [0.29, 0.717) is 5.02 Å². The molecular weight excluding hydrogens is 396 g/mol. The predicted octanol–water partition coefficient (Wildman–Crippen LogP) is 4.35. The number of hydrogen-bond donors (Lipinski definition) is 1. The number of hydrogen-bond acceptors (Lipinski definition) is 4. The number of ether oxygens (including phenoxy) is 2. The maximum absolute atomic E-state index is 13.5. The van der Waals surface area contributed by atoms with Crippen molar-refractivity contribution >= 4 is 52.4 Å². The Hall–Kier alpha value is -2.02. The summed E-state index contributed by atoms with van der Waals surface area (Å²) >= 11 is 17.2. The average Bonchev–Trinajstić information content (AvgIpc) is 2.55. The Balaban J connectivity index is 1.78. The van der Waals surface area contributed by atoms with Gasteiger partial charge >= 0.3 is 5.97 Å². The van der Waals surface area contributed by atoms with Crippen molar-refractivity contribution in [3.8, 4) is 5.75 Å². The van der Waals surface area contributed by atoms with Gasteiger partial charge in [-0.25, -0.2) is 9.18 Å². The lowest BCUT2D eigenvalue weighted by Gasteiger charge is -2.09. The number of benzene rings is 2. The molecule has 0 unspecified atom stereocenters. The predicted molar refractivity (Wildman–Crippen MR) is 93.0 cm³/mol. The summed E-state index contributed by atoms with van der Waals surface area (Å²) in [6.45, 7) is -1.05. The van der Waals surface area contributed by atoms with Gasteiger partial charge in [0.15, 0.2) is 13.2 Å². The Bertz CT molecular complexity index is 801. The molecular formula is C16H11Cl3FNO4. The van der Waals surface area contributed by atoms with E-state index in [1.807, 2.05) is 0 Å². The fourth-order valence-electron chi connectivity index (χ4n) is 1.69. The maximum Gasteiger partial charge on any atom is 0.344 e. The van der Waals surface area contributed by atoms with Gasteiger partial charge in [0.1, 0.15) is 11.6 Å². The van der Waals surface area contributed by atoms with E-state index < -0.39 is 30.9 Å². The van der Waals surface area contributed by atoms with Crippen molar-refractivity contribution in [2.45, 2.75) is 0 Å². The monoisotopic (exact) mass is 405 g/mol. The first-order valence-electron chi connectivity index (χ1n) is 6.83. The van der Waals surface area contributed by atoms with Crippen molar-refractivity contribution in [1.82, 2.24) is 0 Å². The van der Waals surface area contributed by atoms with Crippen LogP contribution in [0.3, 0.4) is 0 Å². The first kappa shape index (κ1) is 19.3. The smallest absolute Gasteiger partial charge is 0.344 e. The first-order valence-corrected chi connectivity index (χ1v) is 7.97. The van der Waals surface area contributed by atoms with E-state index in [2.05, 4.69) is 5.32 Å². The van der Waals surface area contributed by atoms with Crippen molar-refractivity contribution < 1.29 is 23.5 Å². The maximum atomic E-state index is 13.5. The summed E-state index contributed by atoms with van der Waals surface area (Å²) in [4.78, 5) is 23.2. The lowest BCUT2D eigenvalue weighted by Crippen LogP contribution is -2.24. The van der Waals surface area contributed by atoms with Crippen LogP contribution in [0.1, 0.15) is 0 Å². The minimum absolute atomic E-state index is 0.0744. The van der Waals surface area contributed by atoms with Crippen molar-refractivity contribution in [3.63, 3.8) is 0 Å². The van der Waals surface area contributed by atoms with Crippen molar-refractivity contribution in [2.24, 2.45) is 0 Å². The number of halogens is 4. The van der Waals surface area contributed by atoms with Gasteiger partial charge in [-0.05, 0) is 36.4 Å². The molecule has 0 fully saturated rings. The Morgan fingerprint density at radius 3 is 2.36 bits per heavy atom. The van der Waals surface area contributed by atoms with Crippen LogP contribution in [0.5, 0.6) is 5.75 Å². The quantitative estimate of drug-likeness (QED) is 0.725. The van der Waals surface area contributed by atoms with E-state index in [-0.39, 0.29) is 21.5 Å². The van der Waals surface area contributed by atoms with Gasteiger partial charge in [0.05, 0.1) is 10.7 Å². The summed E-state index contributed by atoms with van der Waals surface area (Å²) in [5, 5.41) is 3.10. The molecule has 0 aliphatic rings. The fraction of sp³-hybridized carbons (Fsp3) is 0.125. The highest BCUT2D eigenvalue weighted by Crippen LogP contribution is 2.27. The zero-order valence-corrected chi connectivity index (χ0v) is 14.8. The topological polar surface area (TPSA) is 64.6 Å². The molecule has 2 rings (SSSR count). The van der Waals surface area contributed by atoms with Crippen molar-refractivity contribution in [2.75, 3.05) is 18.5 Å². The number of esters is 1. The average molecular weight is 407 g/mol. The summed E-state index contributed by atoms with van der Waals surface area (Å²) in [6, 6.07) is 8.25. The van der Waals surface area contributed by atoms with Crippen molar-refractivity contribution in [3.05, 3.63) is 57.3 Å². The molecule has 5 nitrogen and oxygen atoms in total. The Labute approximate surface area is 157 Å². The Morgan fingerprint density at radius 2 is 1.68 bits per heavy atom. The van der Waals surface area contributed by atoms with Crippen LogP contribution in [0, 0.1) is 5.82 Å². The molecule has 0 saturated heterocycles. The molecule has 0 saturated carbocycles. The van der Waals surface area contributed by atoms with E-state index >= 15 is 0 Å². The molecule has 25 heavy (non-hydrogen) atoms. The van der Waals surface area contributed by atoms with E-state index in [1.54, 1.807) is 6.07 Å². The molecule has 0 spiro atoms. The number of nitrogens with one attached hydrogen (secondary N) is 1. The van der Waals surface area contributed by atoms with Gasteiger partial charge in [0.25, 0.3) is 5.91 Å². The largest absolute Gasteiger partial charge is 0.480 e. The SMILES string of the molecule is O=C(COC(=O)COc1ccc(Cl)cc1Cl)Nc1ccc(Cl)cc1F. The lowest BCUT2D eigenvalue weighted by molar-refractivity contribution is -0.149. The van der Waals surface area contributed by atoms with Gasteiger partial charge in [-0.2, -0.15) is 0 Å². The lowest BCUT2D eigenvalue weighted by atomic mass is 10.3. The molecule has 1 amide bonds. The summed E-state index contributed by atoms with van der Waals surface area (Å²) in [5.74, 6) is -1.96. The highest BCUT2D eigenvalue weighted by Gasteiger charge is 2.12. The fourth-order valence-corrected chi connectivity index (χ4v) is 2.32. The number of anilines is 1. The van der Waals surface area contributed by atoms with Crippen LogP contribution in [0.4, 0.5) is 10.1 Å². The molecule has 132 valence electrons. The molecule has 0 heterocycles. The number of carbonyl (C=O) groups is 2. The minimum atomic E-state index is -0.794. The summed E-state index contributed by atoms with van der Waals surface area (Å²) < 4.78 is 23.4. The van der Waals surface area contributed by atoms with Crippen LogP contribution in [-0.4, -0.2) is 25.1 Å². The summed E-state index contributed by atoms with van der Waals surface area (Å²) in [5.41, 5.74) is -0.0744. The molecule has 2 aromatic rings. The number of rotatable bonds is 6. The molecule has 2 aromatic carbocycles. The Kier molecular flexibility index (Phi) is 6.87. The van der Waals surface area contributed by atoms with Crippen LogP contribution in [0.15, 0.2) is 36.4 Å². The van der Waals surface area contributed by atoms with Gasteiger partial charge in [-0.15, -0.1) is 0 Å². The van der Waals surface area contributed by atoms with E-state index in [9.17, 15) is 14.0 Å². The second-order valence-corrected chi connectivity index (χ2v) is 5.98. The van der Waals surface area contributed by atoms with Gasteiger partial charge in [-0.3, -0.25) is 4.79 Å². The van der Waals surface area contributed by atoms with Crippen LogP contribution < -0.4 is 10.1 Å². The van der Waals surface area contributed by atoms with E-state index in [4.69, 9.17) is 44.3 Å². The molecule has 1 N–H and O–H groups in total. The molecule has 0 bridgehead atoms.